The van der Waals surface area contributed by atoms with Gasteiger partial charge in [0.1, 0.15) is 12.4 Å². The van der Waals surface area contributed by atoms with Crippen molar-refractivity contribution in [3.05, 3.63) is 117 Å². The Morgan fingerprint density at radius 1 is 0.870 bits per heavy atom. The van der Waals surface area contributed by atoms with Crippen LogP contribution in [0.25, 0.3) is 0 Å². The third kappa shape index (κ3) is 10.5. The van der Waals surface area contributed by atoms with Crippen molar-refractivity contribution in [2.24, 2.45) is 11.5 Å². The summed E-state index contributed by atoms with van der Waals surface area (Å²) >= 11 is 1.40. The van der Waals surface area contributed by atoms with E-state index in [0.29, 0.717) is 29.9 Å². The van der Waals surface area contributed by atoms with Gasteiger partial charge in [0, 0.05) is 29.5 Å². The molecule has 0 atom stereocenters. The van der Waals surface area contributed by atoms with Crippen LogP contribution in [-0.2, 0) is 35.4 Å². The molecule has 1 aliphatic rings. The molecule has 6 N–H and O–H groups in total. The number of carboxylic acid groups (broad SMARTS) is 2. The number of alkyl halides is 3. The lowest BCUT2D eigenvalue weighted by atomic mass is 10.1. The summed E-state index contributed by atoms with van der Waals surface area (Å²) in [5.74, 6) is -4.26. The first-order valence-electron chi connectivity index (χ1n) is 13.8. The van der Waals surface area contributed by atoms with Gasteiger partial charge in [0.2, 0.25) is 5.91 Å². The summed E-state index contributed by atoms with van der Waals surface area (Å²) < 4.78 is 31.7. The van der Waals surface area contributed by atoms with E-state index < -0.39 is 30.6 Å². The van der Waals surface area contributed by atoms with Gasteiger partial charge in [-0.2, -0.15) is 13.2 Å². The fourth-order valence-corrected chi connectivity index (χ4v) is 5.20. The number of carbonyl (C=O) groups excluding carboxylic acids is 2. The number of rotatable bonds is 8. The first-order valence-corrected chi connectivity index (χ1v) is 14.7. The smallest absolute Gasteiger partial charge is 0.480 e. The number of aromatic nitrogens is 1. The number of benzene rings is 3. The summed E-state index contributed by atoms with van der Waals surface area (Å²) in [7, 11) is 0. The van der Waals surface area contributed by atoms with Crippen LogP contribution in [0.4, 0.5) is 19.0 Å². The van der Waals surface area contributed by atoms with Gasteiger partial charge in [-0.05, 0) is 65.8 Å². The molecule has 1 aliphatic carbocycles. The van der Waals surface area contributed by atoms with Crippen molar-refractivity contribution in [2.45, 2.75) is 38.4 Å². The third-order valence-corrected chi connectivity index (χ3v) is 7.42. The Morgan fingerprint density at radius 2 is 1.52 bits per heavy atom. The zero-order valence-corrected chi connectivity index (χ0v) is 25.2. The average molecular weight is 657 g/mol. The maximum absolute atomic E-state index is 12.9. The second kappa shape index (κ2) is 16.3. The summed E-state index contributed by atoms with van der Waals surface area (Å²) in [5, 5.41) is 18.9. The van der Waals surface area contributed by atoms with Crippen LogP contribution in [-0.4, -0.2) is 51.7 Å². The maximum atomic E-state index is 12.9. The van der Waals surface area contributed by atoms with Crippen LogP contribution in [0.2, 0.25) is 0 Å². The van der Waals surface area contributed by atoms with Gasteiger partial charge in [-0.25, -0.2) is 9.78 Å². The predicted octanol–water partition coefficient (Wildman–Crippen LogP) is 4.83. The number of carboxylic acids is 2. The van der Waals surface area contributed by atoms with Gasteiger partial charge in [-0.3, -0.25) is 19.3 Å². The Balaban J connectivity index is 0.000000248. The molecule has 46 heavy (non-hydrogen) atoms. The number of hydrogen-bond acceptors (Lipinski definition) is 7. The lowest BCUT2D eigenvalue weighted by Crippen LogP contribution is -2.36. The van der Waals surface area contributed by atoms with Gasteiger partial charge in [-0.15, -0.1) is 11.3 Å². The lowest BCUT2D eigenvalue weighted by Gasteiger charge is -2.18. The number of primary amides is 1. The Bertz CT molecular complexity index is 1680. The van der Waals surface area contributed by atoms with E-state index in [2.05, 4.69) is 4.98 Å². The summed E-state index contributed by atoms with van der Waals surface area (Å²) in [5.41, 5.74) is 16.4. The van der Waals surface area contributed by atoms with Crippen LogP contribution in [0.15, 0.2) is 78.2 Å². The Morgan fingerprint density at radius 3 is 2.13 bits per heavy atom. The number of nitrogens with zero attached hydrogens (tertiary/aromatic N) is 2. The van der Waals surface area contributed by atoms with E-state index in [9.17, 15) is 32.7 Å². The largest absolute Gasteiger partial charge is 0.490 e. The zero-order valence-electron chi connectivity index (χ0n) is 24.4. The highest BCUT2D eigenvalue weighted by molar-refractivity contribution is 7.10. The molecule has 242 valence electrons. The minimum Gasteiger partial charge on any atom is -0.480 e. The molecular formula is C32H31F3N4O6S. The number of nitrogens with two attached hydrogens (primary N) is 2. The van der Waals surface area contributed by atoms with Crippen molar-refractivity contribution in [2.75, 3.05) is 11.4 Å². The van der Waals surface area contributed by atoms with Crippen LogP contribution in [0.3, 0.4) is 0 Å². The lowest BCUT2D eigenvalue weighted by molar-refractivity contribution is -0.192. The molecule has 0 unspecified atom stereocenters. The average Bonchev–Trinajstić information content (AvgIpc) is 3.69. The Labute approximate surface area is 266 Å². The highest BCUT2D eigenvalue weighted by Gasteiger charge is 2.38. The number of halogens is 3. The molecule has 3 aromatic carbocycles. The molecule has 10 nitrogen and oxygen atoms in total. The van der Waals surface area contributed by atoms with Crippen LogP contribution in [0.5, 0.6) is 0 Å². The number of hydrogen-bond donors (Lipinski definition) is 4. The number of amides is 2. The molecule has 1 aromatic heterocycles. The van der Waals surface area contributed by atoms with Crippen molar-refractivity contribution in [1.82, 2.24) is 4.98 Å². The van der Waals surface area contributed by atoms with Gasteiger partial charge in [0.25, 0.3) is 5.91 Å². The SMILES string of the molecule is NC(=O)c1ccc2c(c1)CCC2.NCc1cccc(C(=O)N(CC(=O)O)c2csc(Cc3ccccc3)n2)c1.O=C(O)C(F)(F)F. The van der Waals surface area contributed by atoms with Crippen molar-refractivity contribution in [1.29, 1.82) is 0 Å². The van der Waals surface area contributed by atoms with Crippen LogP contribution in [0.1, 0.15) is 54.4 Å². The van der Waals surface area contributed by atoms with Gasteiger partial charge >= 0.3 is 18.1 Å². The van der Waals surface area contributed by atoms with Crippen molar-refractivity contribution in [3.8, 4) is 0 Å². The van der Waals surface area contributed by atoms with E-state index in [1.54, 1.807) is 23.6 Å². The topological polar surface area (TPSA) is 177 Å². The normalized spacial score (nSPS) is 11.7. The first-order chi connectivity index (χ1) is 21.8. The first kappa shape index (κ1) is 35.4. The van der Waals surface area contributed by atoms with E-state index in [0.717, 1.165) is 29.0 Å². The maximum Gasteiger partial charge on any atom is 0.490 e. The molecule has 0 fully saturated rings. The summed E-state index contributed by atoms with van der Waals surface area (Å²) in [6, 6.07) is 22.5. The van der Waals surface area contributed by atoms with Crippen LogP contribution >= 0.6 is 11.3 Å². The van der Waals surface area contributed by atoms with Crippen molar-refractivity contribution >= 4 is 40.9 Å². The van der Waals surface area contributed by atoms with E-state index in [4.69, 9.17) is 21.4 Å². The minimum absolute atomic E-state index is 0.304. The van der Waals surface area contributed by atoms with E-state index in [1.165, 1.54) is 33.8 Å². The fourth-order valence-electron chi connectivity index (χ4n) is 4.38. The predicted molar refractivity (Wildman–Crippen MR) is 166 cm³/mol. The molecule has 0 radical (unpaired) electrons. The summed E-state index contributed by atoms with van der Waals surface area (Å²) in [4.78, 5) is 49.6. The second-order valence-electron chi connectivity index (χ2n) is 9.96. The number of carbonyl (C=O) groups is 4. The molecule has 5 rings (SSSR count). The molecule has 14 heteroatoms. The van der Waals surface area contributed by atoms with E-state index >= 15 is 0 Å². The Kier molecular flexibility index (Phi) is 12.5. The molecule has 0 spiro atoms. The number of anilines is 1. The van der Waals surface area contributed by atoms with Crippen LogP contribution in [0, 0.1) is 0 Å². The molecule has 0 aliphatic heterocycles. The van der Waals surface area contributed by atoms with E-state index in [-0.39, 0.29) is 5.91 Å². The highest BCUT2D eigenvalue weighted by atomic mass is 32.1. The molecule has 2 amide bonds. The van der Waals surface area contributed by atoms with Crippen molar-refractivity contribution < 1.29 is 42.6 Å². The molecule has 0 saturated heterocycles. The van der Waals surface area contributed by atoms with Gasteiger partial charge in [0.15, 0.2) is 0 Å². The number of aliphatic carboxylic acids is 2. The van der Waals surface area contributed by atoms with Gasteiger partial charge in [0.05, 0.1) is 5.01 Å². The number of fused-ring (bicyclic) bond motifs is 1. The summed E-state index contributed by atoms with van der Waals surface area (Å²) in [6.45, 7) is -0.155. The monoisotopic (exact) mass is 656 g/mol. The minimum atomic E-state index is -5.08. The standard InChI is InChI=1S/C20H19N3O3S.C10H11NO.C2HF3O2/c21-11-15-7-4-8-16(9-15)20(26)23(12-19(24)25)17-13-27-18(22-17)10-14-5-2-1-3-6-14;11-10(12)9-5-4-7-2-1-3-8(7)6-9;3-2(4,5)1(6)7/h1-9,13H,10-12,21H2,(H,24,25);4-6H,1-3H2,(H2,11,12);(H,6,7). The molecular weight excluding hydrogens is 625 g/mol. The van der Waals surface area contributed by atoms with Gasteiger partial charge < -0.3 is 21.7 Å². The fraction of sp³-hybridized carbons (Fsp3) is 0.219. The van der Waals surface area contributed by atoms with Crippen LogP contribution < -0.4 is 16.4 Å². The zero-order chi connectivity index (χ0) is 33.9. The molecule has 0 saturated carbocycles. The summed E-state index contributed by atoms with van der Waals surface area (Å²) in [6.07, 6.45) is -1.01. The molecule has 4 aromatic rings. The Hall–Kier alpha value is -5.08. The molecule has 1 heterocycles. The number of thiazole rings is 1. The molecule has 0 bridgehead atoms. The van der Waals surface area contributed by atoms with Crippen molar-refractivity contribution in [3.63, 3.8) is 0 Å². The highest BCUT2D eigenvalue weighted by Crippen LogP contribution is 2.24. The van der Waals surface area contributed by atoms with E-state index in [1.807, 2.05) is 54.6 Å². The van der Waals surface area contributed by atoms with Gasteiger partial charge in [-0.1, -0.05) is 48.5 Å². The quantitative estimate of drug-likeness (QED) is 0.208. The number of aryl methyl sites for hydroxylation is 2. The third-order valence-electron chi connectivity index (χ3n) is 6.59. The second-order valence-corrected chi connectivity index (χ2v) is 10.9.